The molecule has 0 aliphatic heterocycles. The molecule has 2 amide bonds. The molecule has 0 aliphatic rings. The van der Waals surface area contributed by atoms with Crippen molar-refractivity contribution in [1.29, 1.82) is 0 Å². The molecule has 0 saturated heterocycles. The number of tetrazole rings is 1. The van der Waals surface area contributed by atoms with Gasteiger partial charge in [-0.05, 0) is 53.2 Å². The fraction of sp³-hybridized carbons (Fsp3) is 0.211. The van der Waals surface area contributed by atoms with Crippen molar-refractivity contribution >= 4 is 17.5 Å². The molecule has 138 valence electrons. The normalized spacial score (nSPS) is 11.6. The molecule has 27 heavy (non-hydrogen) atoms. The maximum Gasteiger partial charge on any atom is 0.251 e. The first-order chi connectivity index (χ1) is 13.1. The minimum Gasteiger partial charge on any atom is -0.346 e. The van der Waals surface area contributed by atoms with Crippen molar-refractivity contribution in [3.05, 3.63) is 66.0 Å². The van der Waals surface area contributed by atoms with E-state index >= 15 is 0 Å². The molecule has 8 nitrogen and oxygen atoms in total. The van der Waals surface area contributed by atoms with Crippen molar-refractivity contribution in [1.82, 2.24) is 25.5 Å². The Morgan fingerprint density at radius 2 is 1.93 bits per heavy atom. The van der Waals surface area contributed by atoms with Gasteiger partial charge in [-0.1, -0.05) is 25.1 Å². The average molecular weight is 364 g/mol. The molecular weight excluding hydrogens is 344 g/mol. The summed E-state index contributed by atoms with van der Waals surface area (Å²) in [6.45, 7) is 3.71. The molecule has 8 heteroatoms. The van der Waals surface area contributed by atoms with Crippen LogP contribution < -0.4 is 10.6 Å². The zero-order valence-electron chi connectivity index (χ0n) is 15.1. The highest BCUT2D eigenvalue weighted by Gasteiger charge is 2.13. The molecule has 0 spiro atoms. The Morgan fingerprint density at radius 3 is 2.59 bits per heavy atom. The predicted octanol–water partition coefficient (Wildman–Crippen LogP) is 2.50. The average Bonchev–Trinajstić information content (AvgIpc) is 3.23. The summed E-state index contributed by atoms with van der Waals surface area (Å²) < 4.78 is 1.49. The maximum absolute atomic E-state index is 12.6. The van der Waals surface area contributed by atoms with E-state index in [9.17, 15) is 9.59 Å². The van der Waals surface area contributed by atoms with Crippen LogP contribution >= 0.6 is 0 Å². The van der Waals surface area contributed by atoms with Gasteiger partial charge in [0, 0.05) is 17.7 Å². The number of benzene rings is 2. The first-order valence-electron chi connectivity index (χ1n) is 8.61. The summed E-state index contributed by atoms with van der Waals surface area (Å²) in [5.41, 5.74) is 2.89. The van der Waals surface area contributed by atoms with Crippen LogP contribution in [0.4, 0.5) is 5.69 Å². The molecule has 2 aromatic carbocycles. The van der Waals surface area contributed by atoms with Crippen LogP contribution in [-0.2, 0) is 4.79 Å². The van der Waals surface area contributed by atoms with Gasteiger partial charge in [0.15, 0.2) is 0 Å². The fourth-order valence-electron chi connectivity index (χ4n) is 2.54. The van der Waals surface area contributed by atoms with Crippen LogP contribution in [0, 0.1) is 0 Å². The number of hydrogen-bond acceptors (Lipinski definition) is 5. The molecule has 1 unspecified atom stereocenters. The number of rotatable bonds is 6. The van der Waals surface area contributed by atoms with Crippen molar-refractivity contribution in [2.45, 2.75) is 26.3 Å². The number of nitrogens with zero attached hydrogens (tertiary/aromatic N) is 4. The standard InChI is InChI=1S/C19H20N6O2/c1-3-18(26)22-16-9-7-14(8-10-16)13(2)21-19(27)15-5-4-6-17(11-15)25-12-20-23-24-25/h4-13H,3H2,1-2H3,(H,21,27)(H,22,26). The highest BCUT2D eigenvalue weighted by molar-refractivity contribution is 5.95. The molecule has 1 atom stereocenters. The molecule has 0 saturated carbocycles. The van der Waals surface area contributed by atoms with Gasteiger partial charge >= 0.3 is 0 Å². The van der Waals surface area contributed by atoms with Gasteiger partial charge in [0.1, 0.15) is 6.33 Å². The maximum atomic E-state index is 12.6. The first kappa shape index (κ1) is 18.2. The molecular formula is C19H20N6O2. The molecule has 0 fully saturated rings. The third kappa shape index (κ3) is 4.55. The number of carbonyl (C=O) groups is 2. The minimum atomic E-state index is -0.194. The van der Waals surface area contributed by atoms with Gasteiger partial charge < -0.3 is 10.6 Å². The molecule has 0 radical (unpaired) electrons. The van der Waals surface area contributed by atoms with Crippen molar-refractivity contribution < 1.29 is 9.59 Å². The fourth-order valence-corrected chi connectivity index (χ4v) is 2.54. The number of hydrogen-bond donors (Lipinski definition) is 2. The Balaban J connectivity index is 1.67. The SMILES string of the molecule is CCC(=O)Nc1ccc(C(C)NC(=O)c2cccc(-n3cnnn3)c2)cc1. The Morgan fingerprint density at radius 1 is 1.15 bits per heavy atom. The summed E-state index contributed by atoms with van der Waals surface area (Å²) in [6.07, 6.45) is 1.90. The summed E-state index contributed by atoms with van der Waals surface area (Å²) >= 11 is 0. The zero-order chi connectivity index (χ0) is 19.2. The molecule has 2 N–H and O–H groups in total. The monoisotopic (exact) mass is 364 g/mol. The van der Waals surface area contributed by atoms with E-state index in [1.807, 2.05) is 37.3 Å². The molecule has 1 heterocycles. The number of anilines is 1. The summed E-state index contributed by atoms with van der Waals surface area (Å²) in [4.78, 5) is 24.0. The quantitative estimate of drug-likeness (QED) is 0.700. The lowest BCUT2D eigenvalue weighted by Gasteiger charge is -2.15. The van der Waals surface area contributed by atoms with Crippen LogP contribution in [-0.4, -0.2) is 32.0 Å². The number of nitrogens with one attached hydrogen (secondary N) is 2. The third-order valence-electron chi connectivity index (χ3n) is 4.09. The Labute approximate surface area is 156 Å². The van der Waals surface area contributed by atoms with Crippen LogP contribution in [0.2, 0.25) is 0 Å². The summed E-state index contributed by atoms with van der Waals surface area (Å²) in [5, 5.41) is 16.8. The van der Waals surface area contributed by atoms with E-state index in [2.05, 4.69) is 26.2 Å². The van der Waals surface area contributed by atoms with E-state index in [-0.39, 0.29) is 17.9 Å². The summed E-state index contributed by atoms with van der Waals surface area (Å²) in [7, 11) is 0. The van der Waals surface area contributed by atoms with Gasteiger partial charge in [-0.25, -0.2) is 4.68 Å². The second-order valence-corrected chi connectivity index (χ2v) is 6.02. The number of carbonyl (C=O) groups excluding carboxylic acids is 2. The predicted molar refractivity (Wildman–Crippen MR) is 100 cm³/mol. The smallest absolute Gasteiger partial charge is 0.251 e. The van der Waals surface area contributed by atoms with Crippen LogP contribution in [0.15, 0.2) is 54.9 Å². The topological polar surface area (TPSA) is 102 Å². The van der Waals surface area contributed by atoms with Crippen molar-refractivity contribution in [3.8, 4) is 5.69 Å². The molecule has 0 bridgehead atoms. The lowest BCUT2D eigenvalue weighted by Crippen LogP contribution is -2.26. The van der Waals surface area contributed by atoms with Gasteiger partial charge in [-0.15, -0.1) is 5.10 Å². The van der Waals surface area contributed by atoms with E-state index < -0.39 is 0 Å². The minimum absolute atomic E-state index is 0.0356. The highest BCUT2D eigenvalue weighted by Crippen LogP contribution is 2.17. The number of amides is 2. The van der Waals surface area contributed by atoms with E-state index in [0.717, 1.165) is 11.3 Å². The summed E-state index contributed by atoms with van der Waals surface area (Å²) in [6, 6.07) is 14.3. The van der Waals surface area contributed by atoms with E-state index in [0.29, 0.717) is 17.7 Å². The van der Waals surface area contributed by atoms with E-state index in [1.54, 1.807) is 25.1 Å². The Bertz CT molecular complexity index is 922. The Hall–Kier alpha value is -3.55. The van der Waals surface area contributed by atoms with E-state index in [4.69, 9.17) is 0 Å². The zero-order valence-corrected chi connectivity index (χ0v) is 15.1. The summed E-state index contributed by atoms with van der Waals surface area (Å²) in [5.74, 6) is -0.229. The van der Waals surface area contributed by atoms with Crippen molar-refractivity contribution in [2.75, 3.05) is 5.32 Å². The second-order valence-electron chi connectivity index (χ2n) is 6.02. The van der Waals surface area contributed by atoms with Gasteiger partial charge in [-0.3, -0.25) is 9.59 Å². The van der Waals surface area contributed by atoms with Gasteiger partial charge in [0.25, 0.3) is 5.91 Å². The highest BCUT2D eigenvalue weighted by atomic mass is 16.2. The van der Waals surface area contributed by atoms with Crippen LogP contribution in [0.25, 0.3) is 5.69 Å². The van der Waals surface area contributed by atoms with Gasteiger partial charge in [0.2, 0.25) is 5.91 Å². The van der Waals surface area contributed by atoms with Crippen LogP contribution in [0.1, 0.15) is 42.2 Å². The molecule has 1 aromatic heterocycles. The molecule has 0 aliphatic carbocycles. The second kappa shape index (κ2) is 8.22. The van der Waals surface area contributed by atoms with Crippen molar-refractivity contribution in [2.24, 2.45) is 0 Å². The lowest BCUT2D eigenvalue weighted by atomic mass is 10.1. The first-order valence-corrected chi connectivity index (χ1v) is 8.61. The van der Waals surface area contributed by atoms with Gasteiger partial charge in [-0.2, -0.15) is 0 Å². The largest absolute Gasteiger partial charge is 0.346 e. The van der Waals surface area contributed by atoms with Crippen LogP contribution in [0.5, 0.6) is 0 Å². The third-order valence-corrected chi connectivity index (χ3v) is 4.09. The van der Waals surface area contributed by atoms with E-state index in [1.165, 1.54) is 11.0 Å². The molecule has 3 rings (SSSR count). The molecule has 3 aromatic rings. The number of aromatic nitrogens is 4. The van der Waals surface area contributed by atoms with Gasteiger partial charge in [0.05, 0.1) is 11.7 Å². The van der Waals surface area contributed by atoms with Crippen molar-refractivity contribution in [3.63, 3.8) is 0 Å². The van der Waals surface area contributed by atoms with Crippen LogP contribution in [0.3, 0.4) is 0 Å². The lowest BCUT2D eigenvalue weighted by molar-refractivity contribution is -0.115. The Kier molecular flexibility index (Phi) is 5.55.